The van der Waals surface area contributed by atoms with Gasteiger partial charge >= 0.3 is 17.8 Å². The van der Waals surface area contributed by atoms with Crippen molar-refractivity contribution in [2.45, 2.75) is 12.5 Å². The number of urea groups is 1. The van der Waals surface area contributed by atoms with Crippen LogP contribution in [0.1, 0.15) is 23.6 Å². The van der Waals surface area contributed by atoms with Gasteiger partial charge in [-0.3, -0.25) is 19.3 Å². The molecule has 2 aliphatic heterocycles. The van der Waals surface area contributed by atoms with Gasteiger partial charge in [-0.1, -0.05) is 48.5 Å². The summed E-state index contributed by atoms with van der Waals surface area (Å²) in [5.41, 5.74) is 2.41. The van der Waals surface area contributed by atoms with Crippen LogP contribution in [0.25, 0.3) is 10.8 Å². The number of carbonyl (C=O) groups is 4. The van der Waals surface area contributed by atoms with Gasteiger partial charge < -0.3 is 4.74 Å². The molecule has 9 heteroatoms. The van der Waals surface area contributed by atoms with Crippen LogP contribution in [0, 0.1) is 0 Å². The van der Waals surface area contributed by atoms with Crippen molar-refractivity contribution >= 4 is 40.2 Å². The Hall–Kier alpha value is -4.53. The van der Waals surface area contributed by atoms with Gasteiger partial charge in [0, 0.05) is 13.5 Å². The molecule has 3 aromatic rings. The lowest BCUT2D eigenvalue weighted by Gasteiger charge is -2.23. The fraction of sp³-hybridized carbons (Fsp3) is 0.192. The summed E-state index contributed by atoms with van der Waals surface area (Å²) in [5.74, 6) is -1.87. The Morgan fingerprint density at radius 1 is 0.971 bits per heavy atom. The molecule has 0 spiro atoms. The van der Waals surface area contributed by atoms with Crippen LogP contribution in [0.5, 0.6) is 5.75 Å². The third-order valence-corrected chi connectivity index (χ3v) is 6.29. The van der Waals surface area contributed by atoms with Gasteiger partial charge in [-0.15, -0.1) is 0 Å². The first kappa shape index (κ1) is 22.3. The van der Waals surface area contributed by atoms with Gasteiger partial charge in [-0.05, 0) is 40.1 Å². The second kappa shape index (κ2) is 8.68. The van der Waals surface area contributed by atoms with Gasteiger partial charge in [-0.2, -0.15) is 5.10 Å². The monoisotopic (exact) mass is 470 g/mol. The van der Waals surface area contributed by atoms with Gasteiger partial charge in [-0.25, -0.2) is 14.7 Å². The lowest BCUT2D eigenvalue weighted by atomic mass is 9.97. The zero-order valence-electron chi connectivity index (χ0n) is 19.2. The molecular formula is C26H22N4O5. The number of rotatable bonds is 5. The van der Waals surface area contributed by atoms with Crippen molar-refractivity contribution in [3.63, 3.8) is 0 Å². The molecule has 2 heterocycles. The molecule has 9 nitrogen and oxygen atoms in total. The molecule has 1 saturated heterocycles. The normalized spacial score (nSPS) is 18.0. The van der Waals surface area contributed by atoms with Gasteiger partial charge in [0.25, 0.3) is 5.91 Å². The van der Waals surface area contributed by atoms with E-state index in [2.05, 4.69) is 5.10 Å². The van der Waals surface area contributed by atoms with Crippen LogP contribution in [0.2, 0.25) is 0 Å². The molecule has 0 saturated carbocycles. The predicted octanol–water partition coefficient (Wildman–Crippen LogP) is 2.95. The number of nitrogens with zero attached hydrogens (tertiary/aromatic N) is 4. The Morgan fingerprint density at radius 2 is 1.69 bits per heavy atom. The van der Waals surface area contributed by atoms with E-state index in [1.165, 1.54) is 12.1 Å². The summed E-state index contributed by atoms with van der Waals surface area (Å²) < 4.78 is 5.24. The van der Waals surface area contributed by atoms with Crippen LogP contribution in [-0.2, 0) is 14.4 Å². The van der Waals surface area contributed by atoms with Crippen LogP contribution in [0.4, 0.5) is 4.79 Å². The summed E-state index contributed by atoms with van der Waals surface area (Å²) in [6.07, 6.45) is 0.442. The van der Waals surface area contributed by atoms with E-state index in [4.69, 9.17) is 4.74 Å². The van der Waals surface area contributed by atoms with E-state index in [1.54, 1.807) is 19.2 Å². The number of likely N-dealkylation sites (N-methyl/N-ethyl adjacent to an activating group) is 1. The average molecular weight is 470 g/mol. The van der Waals surface area contributed by atoms with Crippen LogP contribution in [0.15, 0.2) is 71.8 Å². The van der Waals surface area contributed by atoms with E-state index in [9.17, 15) is 19.2 Å². The Kier molecular flexibility index (Phi) is 5.52. The minimum atomic E-state index is -1.02. The molecule has 0 unspecified atom stereocenters. The molecule has 176 valence electrons. The fourth-order valence-electron chi connectivity index (χ4n) is 4.33. The summed E-state index contributed by atoms with van der Waals surface area (Å²) in [6, 6.07) is 20.0. The highest BCUT2D eigenvalue weighted by Gasteiger charge is 2.44. The topological polar surface area (TPSA) is 99.6 Å². The molecule has 0 N–H and O–H groups in total. The molecule has 0 aliphatic carbocycles. The second-order valence-electron chi connectivity index (χ2n) is 8.38. The maximum Gasteiger partial charge on any atom is 0.334 e. The average Bonchev–Trinajstić information content (AvgIpc) is 3.41. The van der Waals surface area contributed by atoms with E-state index < -0.39 is 36.3 Å². The first-order valence-electron chi connectivity index (χ1n) is 11.0. The summed E-state index contributed by atoms with van der Waals surface area (Å²) in [7, 11) is 2.78. The molecular weight excluding hydrogens is 448 g/mol. The predicted molar refractivity (Wildman–Crippen MR) is 128 cm³/mol. The van der Waals surface area contributed by atoms with Crippen molar-refractivity contribution in [2.75, 3.05) is 20.7 Å². The van der Waals surface area contributed by atoms with Gasteiger partial charge in [0.15, 0.2) is 0 Å². The largest absolute Gasteiger partial charge is 0.497 e. The number of carbonyl (C=O) groups excluding carboxylic acids is 4. The molecule has 1 fully saturated rings. The van der Waals surface area contributed by atoms with Gasteiger partial charge in [0.05, 0.1) is 18.9 Å². The Bertz CT molecular complexity index is 1400. The van der Waals surface area contributed by atoms with E-state index >= 15 is 0 Å². The van der Waals surface area contributed by atoms with Crippen molar-refractivity contribution in [3.8, 4) is 5.75 Å². The summed E-state index contributed by atoms with van der Waals surface area (Å²) in [6.45, 7) is -0.575. The molecule has 0 bridgehead atoms. The molecule has 35 heavy (non-hydrogen) atoms. The van der Waals surface area contributed by atoms with Crippen LogP contribution in [0.3, 0.4) is 0 Å². The van der Waals surface area contributed by atoms with Crippen molar-refractivity contribution < 1.29 is 23.9 Å². The first-order valence-corrected chi connectivity index (χ1v) is 11.0. The number of hydrogen-bond donors (Lipinski definition) is 0. The Balaban J connectivity index is 1.48. The number of amides is 5. The molecule has 2 aliphatic rings. The Morgan fingerprint density at radius 3 is 2.34 bits per heavy atom. The number of methoxy groups -OCH3 is 1. The molecule has 1 atom stereocenters. The number of fused-ring (bicyclic) bond motifs is 1. The molecule has 0 aromatic heterocycles. The van der Waals surface area contributed by atoms with E-state index in [0.29, 0.717) is 27.7 Å². The molecule has 5 amide bonds. The molecule has 5 rings (SSSR count). The van der Waals surface area contributed by atoms with Crippen molar-refractivity contribution in [3.05, 3.63) is 77.9 Å². The summed E-state index contributed by atoms with van der Waals surface area (Å²) >= 11 is 0. The second-order valence-corrected chi connectivity index (χ2v) is 8.38. The highest BCUT2D eigenvalue weighted by Crippen LogP contribution is 2.34. The van der Waals surface area contributed by atoms with Crippen molar-refractivity contribution in [1.82, 2.24) is 14.8 Å². The van der Waals surface area contributed by atoms with Crippen LogP contribution in [-0.4, -0.2) is 65.0 Å². The smallest absolute Gasteiger partial charge is 0.334 e. The zero-order chi connectivity index (χ0) is 24.7. The highest BCUT2D eigenvalue weighted by atomic mass is 16.5. The lowest BCUT2D eigenvalue weighted by Crippen LogP contribution is -2.41. The number of imide groups is 2. The van der Waals surface area contributed by atoms with Crippen molar-refractivity contribution in [1.29, 1.82) is 0 Å². The highest BCUT2D eigenvalue weighted by molar-refractivity contribution is 6.44. The van der Waals surface area contributed by atoms with E-state index in [-0.39, 0.29) is 0 Å². The maximum atomic E-state index is 13.3. The summed E-state index contributed by atoms with van der Waals surface area (Å²) in [4.78, 5) is 51.0. The third-order valence-electron chi connectivity index (χ3n) is 6.29. The minimum Gasteiger partial charge on any atom is -0.497 e. The number of hydrogen-bond acceptors (Lipinski definition) is 6. The van der Waals surface area contributed by atoms with Crippen molar-refractivity contribution in [2.24, 2.45) is 5.10 Å². The standard InChI is InChI=1S/C26H22N4O5/c1-28-24(32)25(33)29(26(28)34)15-23(31)30-22(17-9-11-20(35-2)12-10-17)14-21(27-30)19-8-7-16-5-3-4-6-18(16)13-19/h3-13,22H,14-15H2,1-2H3/t22-/m0/s1. The number of benzene rings is 3. The quantitative estimate of drug-likeness (QED) is 0.422. The molecule has 3 aromatic carbocycles. The third kappa shape index (κ3) is 3.90. The van der Waals surface area contributed by atoms with E-state index in [0.717, 1.165) is 21.9 Å². The van der Waals surface area contributed by atoms with Gasteiger partial charge in [0.1, 0.15) is 12.3 Å². The lowest BCUT2D eigenvalue weighted by molar-refractivity contribution is -0.144. The van der Waals surface area contributed by atoms with E-state index in [1.807, 2.05) is 54.6 Å². The SMILES string of the molecule is COc1ccc([C@@H]2CC(c3ccc4ccccc4c3)=NN2C(=O)CN2C(=O)C(=O)N(C)C2=O)cc1. The maximum absolute atomic E-state index is 13.3. The van der Waals surface area contributed by atoms with Crippen LogP contribution < -0.4 is 4.74 Å². The zero-order valence-corrected chi connectivity index (χ0v) is 19.2. The van der Waals surface area contributed by atoms with Crippen LogP contribution >= 0.6 is 0 Å². The minimum absolute atomic E-state index is 0.442. The summed E-state index contributed by atoms with van der Waals surface area (Å²) in [5, 5.41) is 8.06. The Labute approximate surface area is 201 Å². The molecule has 0 radical (unpaired) electrons. The first-order chi connectivity index (χ1) is 16.9. The number of ether oxygens (including phenoxy) is 1. The van der Waals surface area contributed by atoms with Gasteiger partial charge in [0.2, 0.25) is 0 Å². The number of hydrazone groups is 1. The fourth-order valence-corrected chi connectivity index (χ4v) is 4.33.